The minimum atomic E-state index is -0.298. The lowest BCUT2D eigenvalue weighted by atomic mass is 9.99. The van der Waals surface area contributed by atoms with Crippen LogP contribution in [0.15, 0.2) is 0 Å². The van der Waals surface area contributed by atoms with E-state index in [0.29, 0.717) is 12.5 Å². The number of carbonyl (C=O) groups is 1. The number of carbonyl (C=O) groups excluding carboxylic acids is 1. The van der Waals surface area contributed by atoms with Crippen LogP contribution in [0.2, 0.25) is 0 Å². The van der Waals surface area contributed by atoms with Gasteiger partial charge in [-0.3, -0.25) is 10.1 Å². The molecule has 0 aromatic heterocycles. The van der Waals surface area contributed by atoms with Gasteiger partial charge >= 0.3 is 0 Å². The van der Waals surface area contributed by atoms with Gasteiger partial charge in [-0.1, -0.05) is 33.6 Å². The maximum atomic E-state index is 12.6. The third kappa shape index (κ3) is 3.93. The summed E-state index contributed by atoms with van der Waals surface area (Å²) in [5.74, 6) is 0.612. The molecular weight excluding hydrogens is 240 g/mol. The van der Waals surface area contributed by atoms with Crippen molar-refractivity contribution in [1.29, 1.82) is 0 Å². The Bertz CT molecular complexity index is 305. The summed E-state index contributed by atoms with van der Waals surface area (Å²) in [4.78, 5) is 14.6. The number of hydrogen-bond donors (Lipinski definition) is 1. The standard InChI is InChI=1S/C15H30N2O2/c1-7-9-12-16-13(11(3)8-2)14(18)17(12)10-15(4,5)19-6/h11-13,16H,7-10H2,1-6H3. The van der Waals surface area contributed by atoms with Gasteiger partial charge in [0, 0.05) is 7.11 Å². The van der Waals surface area contributed by atoms with Crippen LogP contribution in [0, 0.1) is 5.92 Å². The van der Waals surface area contributed by atoms with E-state index in [0.717, 1.165) is 19.3 Å². The summed E-state index contributed by atoms with van der Waals surface area (Å²) in [7, 11) is 1.70. The molecule has 112 valence electrons. The first kappa shape index (κ1) is 16.4. The topological polar surface area (TPSA) is 41.6 Å². The first-order valence-electron chi connectivity index (χ1n) is 7.48. The molecule has 1 aliphatic rings. The fourth-order valence-corrected chi connectivity index (χ4v) is 2.52. The van der Waals surface area contributed by atoms with E-state index in [9.17, 15) is 4.79 Å². The van der Waals surface area contributed by atoms with Crippen LogP contribution in [0.25, 0.3) is 0 Å². The van der Waals surface area contributed by atoms with E-state index >= 15 is 0 Å². The minimum absolute atomic E-state index is 0.0331. The Balaban J connectivity index is 2.83. The Morgan fingerprint density at radius 2 is 2.05 bits per heavy atom. The maximum absolute atomic E-state index is 12.6. The summed E-state index contributed by atoms with van der Waals surface area (Å²) in [6, 6.07) is -0.0331. The summed E-state index contributed by atoms with van der Waals surface area (Å²) in [6.45, 7) is 11.1. The van der Waals surface area contributed by atoms with Crippen molar-refractivity contribution in [1.82, 2.24) is 10.2 Å². The number of hydrogen-bond acceptors (Lipinski definition) is 3. The van der Waals surface area contributed by atoms with E-state index in [2.05, 4.69) is 26.1 Å². The fourth-order valence-electron chi connectivity index (χ4n) is 2.52. The molecule has 0 aromatic carbocycles. The summed E-state index contributed by atoms with van der Waals surface area (Å²) in [6.07, 6.45) is 3.25. The van der Waals surface area contributed by atoms with E-state index in [-0.39, 0.29) is 23.7 Å². The number of amides is 1. The zero-order valence-electron chi connectivity index (χ0n) is 13.3. The second-order valence-corrected chi connectivity index (χ2v) is 6.26. The van der Waals surface area contributed by atoms with Gasteiger partial charge in [0.05, 0.1) is 24.4 Å². The highest BCUT2D eigenvalue weighted by Gasteiger charge is 2.42. The molecule has 0 spiro atoms. The van der Waals surface area contributed by atoms with Crippen LogP contribution in [-0.4, -0.2) is 42.3 Å². The number of methoxy groups -OCH3 is 1. The largest absolute Gasteiger partial charge is 0.377 e. The van der Waals surface area contributed by atoms with Crippen LogP contribution in [-0.2, 0) is 9.53 Å². The number of ether oxygens (including phenoxy) is 1. The first-order valence-corrected chi connectivity index (χ1v) is 7.48. The second kappa shape index (κ2) is 6.71. The van der Waals surface area contributed by atoms with Crippen molar-refractivity contribution in [2.75, 3.05) is 13.7 Å². The van der Waals surface area contributed by atoms with Crippen LogP contribution < -0.4 is 5.32 Å². The lowest BCUT2D eigenvalue weighted by Gasteiger charge is -2.32. The van der Waals surface area contributed by atoms with Gasteiger partial charge in [-0.05, 0) is 26.2 Å². The molecule has 0 aliphatic carbocycles. The zero-order valence-corrected chi connectivity index (χ0v) is 13.3. The van der Waals surface area contributed by atoms with Gasteiger partial charge in [0.25, 0.3) is 0 Å². The quantitative estimate of drug-likeness (QED) is 0.772. The Hall–Kier alpha value is -0.610. The maximum Gasteiger partial charge on any atom is 0.241 e. The van der Waals surface area contributed by atoms with Crippen molar-refractivity contribution in [3.05, 3.63) is 0 Å². The molecule has 1 rings (SSSR count). The third-order valence-corrected chi connectivity index (χ3v) is 4.18. The predicted octanol–water partition coefficient (Wildman–Crippen LogP) is 2.38. The zero-order chi connectivity index (χ0) is 14.6. The van der Waals surface area contributed by atoms with Crippen molar-refractivity contribution in [3.63, 3.8) is 0 Å². The van der Waals surface area contributed by atoms with Crippen LogP contribution in [0.4, 0.5) is 0 Å². The molecule has 0 saturated carbocycles. The molecule has 1 aliphatic heterocycles. The van der Waals surface area contributed by atoms with E-state index in [4.69, 9.17) is 4.74 Å². The number of rotatable bonds is 7. The second-order valence-electron chi connectivity index (χ2n) is 6.26. The summed E-state index contributed by atoms with van der Waals surface area (Å²) < 4.78 is 5.47. The highest BCUT2D eigenvalue weighted by atomic mass is 16.5. The van der Waals surface area contributed by atoms with Crippen molar-refractivity contribution in [2.45, 2.75) is 71.7 Å². The van der Waals surface area contributed by atoms with Crippen LogP contribution in [0.3, 0.4) is 0 Å². The third-order valence-electron chi connectivity index (χ3n) is 4.18. The number of nitrogens with one attached hydrogen (secondary N) is 1. The van der Waals surface area contributed by atoms with E-state index in [1.165, 1.54) is 0 Å². The molecule has 1 fully saturated rings. The Morgan fingerprint density at radius 3 is 2.53 bits per heavy atom. The molecular formula is C15H30N2O2. The van der Waals surface area contributed by atoms with Gasteiger partial charge in [-0.25, -0.2) is 0 Å². The predicted molar refractivity (Wildman–Crippen MR) is 77.9 cm³/mol. The lowest BCUT2D eigenvalue weighted by Crippen LogP contribution is -2.46. The Kier molecular flexibility index (Phi) is 5.81. The molecule has 19 heavy (non-hydrogen) atoms. The molecule has 1 saturated heterocycles. The molecule has 3 atom stereocenters. The minimum Gasteiger partial charge on any atom is -0.377 e. The molecule has 4 heteroatoms. The molecule has 3 unspecified atom stereocenters. The molecule has 0 bridgehead atoms. The fraction of sp³-hybridized carbons (Fsp3) is 0.933. The van der Waals surface area contributed by atoms with Gasteiger partial charge in [0.1, 0.15) is 0 Å². The lowest BCUT2D eigenvalue weighted by molar-refractivity contribution is -0.134. The van der Waals surface area contributed by atoms with Gasteiger partial charge in [-0.15, -0.1) is 0 Å². The molecule has 1 N–H and O–H groups in total. The normalized spacial score (nSPS) is 26.0. The molecule has 0 radical (unpaired) electrons. The summed E-state index contributed by atoms with van der Waals surface area (Å²) in [5.41, 5.74) is -0.298. The molecule has 0 aromatic rings. The van der Waals surface area contributed by atoms with Crippen LogP contribution in [0.5, 0.6) is 0 Å². The van der Waals surface area contributed by atoms with Crippen LogP contribution in [0.1, 0.15) is 53.9 Å². The van der Waals surface area contributed by atoms with Gasteiger partial charge < -0.3 is 9.64 Å². The molecule has 1 amide bonds. The van der Waals surface area contributed by atoms with E-state index < -0.39 is 0 Å². The van der Waals surface area contributed by atoms with E-state index in [1.54, 1.807) is 7.11 Å². The van der Waals surface area contributed by atoms with Gasteiger partial charge in [0.15, 0.2) is 0 Å². The van der Waals surface area contributed by atoms with E-state index in [1.807, 2.05) is 18.7 Å². The summed E-state index contributed by atoms with van der Waals surface area (Å²) >= 11 is 0. The average Bonchev–Trinajstić information content (AvgIpc) is 2.67. The first-order chi connectivity index (χ1) is 8.86. The van der Waals surface area contributed by atoms with Gasteiger partial charge in [0.2, 0.25) is 5.91 Å². The molecule has 1 heterocycles. The van der Waals surface area contributed by atoms with Crippen molar-refractivity contribution in [3.8, 4) is 0 Å². The Morgan fingerprint density at radius 1 is 1.42 bits per heavy atom. The van der Waals surface area contributed by atoms with Crippen molar-refractivity contribution in [2.24, 2.45) is 5.92 Å². The van der Waals surface area contributed by atoms with Crippen LogP contribution >= 0.6 is 0 Å². The smallest absolute Gasteiger partial charge is 0.241 e. The highest BCUT2D eigenvalue weighted by molar-refractivity contribution is 5.84. The van der Waals surface area contributed by atoms with Crippen molar-refractivity contribution < 1.29 is 9.53 Å². The monoisotopic (exact) mass is 270 g/mol. The Labute approximate surface area is 117 Å². The van der Waals surface area contributed by atoms with Gasteiger partial charge in [-0.2, -0.15) is 0 Å². The average molecular weight is 270 g/mol. The SMILES string of the molecule is CCCC1NC(C(C)CC)C(=O)N1CC(C)(C)OC. The molecule has 4 nitrogen and oxygen atoms in total. The highest BCUT2D eigenvalue weighted by Crippen LogP contribution is 2.24. The van der Waals surface area contributed by atoms with Crippen molar-refractivity contribution >= 4 is 5.91 Å². The summed E-state index contributed by atoms with van der Waals surface area (Å²) in [5, 5.41) is 3.51. The number of nitrogens with zero attached hydrogens (tertiary/aromatic N) is 1.